The molecule has 34 heavy (non-hydrogen) atoms. The van der Waals surface area contributed by atoms with Crippen molar-refractivity contribution in [3.8, 4) is 5.88 Å². The van der Waals surface area contributed by atoms with Gasteiger partial charge >= 0.3 is 0 Å². The number of amides is 1. The second kappa shape index (κ2) is 8.79. The molecule has 1 saturated carbocycles. The summed E-state index contributed by atoms with van der Waals surface area (Å²) < 4.78 is 5.31. The predicted molar refractivity (Wildman–Crippen MR) is 132 cm³/mol. The summed E-state index contributed by atoms with van der Waals surface area (Å²) in [7, 11) is 1.65. The second-order valence-electron chi connectivity index (χ2n) is 9.39. The van der Waals surface area contributed by atoms with E-state index in [1.54, 1.807) is 18.9 Å². The number of likely N-dealkylation sites (tertiary alicyclic amines) is 1. The fourth-order valence-corrected chi connectivity index (χ4v) is 5.98. The van der Waals surface area contributed by atoms with Gasteiger partial charge in [0.1, 0.15) is 5.82 Å². The minimum Gasteiger partial charge on any atom is -0.481 e. The van der Waals surface area contributed by atoms with E-state index in [9.17, 15) is 4.79 Å². The van der Waals surface area contributed by atoms with Crippen molar-refractivity contribution in [2.45, 2.75) is 36.2 Å². The van der Waals surface area contributed by atoms with Crippen molar-refractivity contribution in [1.82, 2.24) is 25.2 Å². The third kappa shape index (κ3) is 4.23. The highest BCUT2D eigenvalue weighted by Gasteiger charge is 2.55. The molecule has 0 spiro atoms. The molecule has 0 aromatic carbocycles. The second-order valence-corrected chi connectivity index (χ2v) is 10.4. The number of hydrogen-bond acceptors (Lipinski definition) is 8. The zero-order valence-electron chi connectivity index (χ0n) is 19.2. The van der Waals surface area contributed by atoms with Crippen LogP contribution in [0.25, 0.3) is 11.0 Å². The summed E-state index contributed by atoms with van der Waals surface area (Å²) >= 11 is 1.55. The Labute approximate surface area is 202 Å². The van der Waals surface area contributed by atoms with E-state index >= 15 is 0 Å². The van der Waals surface area contributed by atoms with Gasteiger partial charge in [0.2, 0.25) is 11.8 Å². The largest absolute Gasteiger partial charge is 0.481 e. The van der Waals surface area contributed by atoms with Crippen LogP contribution >= 0.6 is 11.8 Å². The summed E-state index contributed by atoms with van der Waals surface area (Å²) in [6.07, 6.45) is 5.20. The average Bonchev–Trinajstić information content (AvgIpc) is 3.59. The van der Waals surface area contributed by atoms with Crippen LogP contribution in [0, 0.1) is 5.92 Å². The van der Waals surface area contributed by atoms with Crippen molar-refractivity contribution in [3.63, 3.8) is 0 Å². The third-order valence-electron chi connectivity index (χ3n) is 7.29. The Morgan fingerprint density at radius 1 is 1.26 bits per heavy atom. The van der Waals surface area contributed by atoms with Gasteiger partial charge in [-0.1, -0.05) is 0 Å². The minimum absolute atomic E-state index is 0.0259. The lowest BCUT2D eigenvalue weighted by Gasteiger charge is -2.32. The van der Waals surface area contributed by atoms with Crippen LogP contribution in [-0.2, 0) is 17.8 Å². The summed E-state index contributed by atoms with van der Waals surface area (Å²) in [5.74, 6) is 2.51. The summed E-state index contributed by atoms with van der Waals surface area (Å²) in [4.78, 5) is 29.0. The molecule has 2 aliphatic heterocycles. The molecular weight excluding hydrogens is 448 g/mol. The molecule has 3 aliphatic rings. The number of methoxy groups -OCH3 is 1. The van der Waals surface area contributed by atoms with E-state index < -0.39 is 0 Å². The maximum absolute atomic E-state index is 11.7. The van der Waals surface area contributed by atoms with Gasteiger partial charge in [-0.2, -0.15) is 0 Å². The van der Waals surface area contributed by atoms with Crippen molar-refractivity contribution < 1.29 is 9.53 Å². The number of carbonyl (C=O) groups is 1. The Hall–Kier alpha value is -2.75. The van der Waals surface area contributed by atoms with Crippen LogP contribution in [0.1, 0.15) is 24.1 Å². The van der Waals surface area contributed by atoms with Crippen LogP contribution in [0.2, 0.25) is 0 Å². The molecule has 2 atom stereocenters. The lowest BCUT2D eigenvalue weighted by atomic mass is 10.0. The standard InChI is InChI=1S/C25H28N6O2S/c1-33-22-5-3-19-23(30-22)16(6-9-26-19)7-10-31-11-8-25(12-17(25)14-31)27-13-18-2-4-20-24(28-18)29-21(32)15-34-20/h2-6,9,17,27H,7-8,10-15H2,1H3,(H,28,29,32). The molecule has 2 fully saturated rings. The van der Waals surface area contributed by atoms with E-state index in [2.05, 4.69) is 48.7 Å². The average molecular weight is 477 g/mol. The van der Waals surface area contributed by atoms with Gasteiger partial charge in [0, 0.05) is 37.4 Å². The summed E-state index contributed by atoms with van der Waals surface area (Å²) in [6, 6.07) is 10.1. The van der Waals surface area contributed by atoms with Crippen LogP contribution in [-0.4, -0.2) is 63.8 Å². The molecule has 2 N–H and O–H groups in total. The van der Waals surface area contributed by atoms with Gasteiger partial charge in [-0.15, -0.1) is 11.8 Å². The topological polar surface area (TPSA) is 92.3 Å². The molecule has 9 heteroatoms. The Morgan fingerprint density at radius 3 is 3.09 bits per heavy atom. The smallest absolute Gasteiger partial charge is 0.235 e. The number of pyridine rings is 3. The first-order chi connectivity index (χ1) is 16.6. The highest BCUT2D eigenvalue weighted by molar-refractivity contribution is 8.00. The van der Waals surface area contributed by atoms with E-state index in [0.717, 1.165) is 60.6 Å². The zero-order valence-corrected chi connectivity index (χ0v) is 20.0. The van der Waals surface area contributed by atoms with Gasteiger partial charge in [0.05, 0.1) is 34.5 Å². The Balaban J connectivity index is 1.04. The Morgan fingerprint density at radius 2 is 2.21 bits per heavy atom. The first kappa shape index (κ1) is 21.8. The van der Waals surface area contributed by atoms with E-state index in [1.807, 2.05) is 18.3 Å². The van der Waals surface area contributed by atoms with Crippen LogP contribution < -0.4 is 15.4 Å². The maximum atomic E-state index is 11.7. The highest BCUT2D eigenvalue weighted by atomic mass is 32.2. The van der Waals surface area contributed by atoms with Gasteiger partial charge in [-0.25, -0.2) is 9.97 Å². The Kier molecular flexibility index (Phi) is 5.63. The van der Waals surface area contributed by atoms with E-state index in [0.29, 0.717) is 23.4 Å². The van der Waals surface area contributed by atoms with Crippen molar-refractivity contribution in [3.05, 3.63) is 47.8 Å². The first-order valence-electron chi connectivity index (χ1n) is 11.8. The van der Waals surface area contributed by atoms with Crippen molar-refractivity contribution in [1.29, 1.82) is 0 Å². The van der Waals surface area contributed by atoms with Crippen LogP contribution in [0.5, 0.6) is 5.88 Å². The van der Waals surface area contributed by atoms with Gasteiger partial charge in [0.25, 0.3) is 0 Å². The summed E-state index contributed by atoms with van der Waals surface area (Å²) in [5, 5.41) is 6.68. The normalized spacial score (nSPS) is 23.8. The number of aromatic nitrogens is 3. The maximum Gasteiger partial charge on any atom is 0.235 e. The van der Waals surface area contributed by atoms with Gasteiger partial charge < -0.3 is 20.3 Å². The van der Waals surface area contributed by atoms with Crippen LogP contribution in [0.4, 0.5) is 5.82 Å². The summed E-state index contributed by atoms with van der Waals surface area (Å²) in [6.45, 7) is 3.97. The fourth-order valence-electron chi connectivity index (χ4n) is 5.22. The molecule has 1 amide bonds. The molecule has 5 heterocycles. The number of piperidine rings is 1. The number of rotatable bonds is 7. The molecule has 0 bridgehead atoms. The quantitative estimate of drug-likeness (QED) is 0.538. The molecule has 6 rings (SSSR count). The number of anilines is 1. The molecule has 1 aliphatic carbocycles. The molecule has 1 saturated heterocycles. The number of hydrogen-bond donors (Lipinski definition) is 2. The van der Waals surface area contributed by atoms with Crippen LogP contribution in [0.3, 0.4) is 0 Å². The molecule has 0 radical (unpaired) electrons. The number of carbonyl (C=O) groups excluding carboxylic acids is 1. The molecule has 3 aromatic heterocycles. The van der Waals surface area contributed by atoms with E-state index in [4.69, 9.17) is 4.74 Å². The van der Waals surface area contributed by atoms with Crippen molar-refractivity contribution >= 4 is 34.5 Å². The number of ether oxygens (including phenoxy) is 1. The monoisotopic (exact) mass is 476 g/mol. The van der Waals surface area contributed by atoms with Crippen LogP contribution in [0.15, 0.2) is 41.4 Å². The molecular formula is C25H28N6O2S. The Bertz CT molecular complexity index is 1250. The number of thioether (sulfide) groups is 1. The highest BCUT2D eigenvalue weighted by Crippen LogP contribution is 2.49. The predicted octanol–water partition coefficient (Wildman–Crippen LogP) is 2.87. The lowest BCUT2D eigenvalue weighted by molar-refractivity contribution is -0.113. The van der Waals surface area contributed by atoms with Gasteiger partial charge in [-0.3, -0.25) is 9.78 Å². The third-order valence-corrected chi connectivity index (χ3v) is 8.33. The van der Waals surface area contributed by atoms with E-state index in [-0.39, 0.29) is 11.4 Å². The number of fused-ring (bicyclic) bond motifs is 3. The zero-order chi connectivity index (χ0) is 23.1. The molecule has 2 unspecified atom stereocenters. The van der Waals surface area contributed by atoms with Crippen molar-refractivity contribution in [2.24, 2.45) is 5.92 Å². The first-order valence-corrected chi connectivity index (χ1v) is 12.8. The van der Waals surface area contributed by atoms with Crippen molar-refractivity contribution in [2.75, 3.05) is 37.8 Å². The van der Waals surface area contributed by atoms with Gasteiger partial charge in [-0.05, 0) is 61.6 Å². The number of nitrogens with one attached hydrogen (secondary N) is 2. The van der Waals surface area contributed by atoms with Gasteiger partial charge in [0.15, 0.2) is 0 Å². The molecule has 8 nitrogen and oxygen atoms in total. The molecule has 176 valence electrons. The molecule has 3 aromatic rings. The summed E-state index contributed by atoms with van der Waals surface area (Å²) in [5.41, 5.74) is 4.30. The fraction of sp³-hybridized carbons (Fsp3) is 0.440. The number of nitrogens with zero attached hydrogens (tertiary/aromatic N) is 4. The SMILES string of the molecule is COc1ccc2nccc(CCN3CCC4(NCc5ccc6c(n5)NC(=O)CS6)CC4C3)c2n1. The lowest BCUT2D eigenvalue weighted by Crippen LogP contribution is -2.45. The van der Waals surface area contributed by atoms with E-state index in [1.165, 1.54) is 12.0 Å². The minimum atomic E-state index is 0.0259.